The van der Waals surface area contributed by atoms with Gasteiger partial charge in [0.15, 0.2) is 0 Å². The van der Waals surface area contributed by atoms with Crippen molar-refractivity contribution in [2.75, 3.05) is 0 Å². The lowest BCUT2D eigenvalue weighted by molar-refractivity contribution is 0.492. The van der Waals surface area contributed by atoms with Crippen LogP contribution in [-0.4, -0.2) is 0 Å². The molecule has 0 aromatic heterocycles. The highest BCUT2D eigenvalue weighted by Gasteiger charge is 2.50. The molecule has 2 nitrogen and oxygen atoms in total. The maximum absolute atomic E-state index is 9.08. The Balaban J connectivity index is 2.66. The second-order valence-corrected chi connectivity index (χ2v) is 4.41. The molecule has 2 unspecified atom stereocenters. The van der Waals surface area contributed by atoms with E-state index >= 15 is 0 Å². The molecular weight excluding hydrogens is 172 g/mol. The molecule has 2 rings (SSSR count). The second-order valence-electron chi connectivity index (χ2n) is 4.41. The summed E-state index contributed by atoms with van der Waals surface area (Å²) in [5.74, 6) is 0.222. The Bertz CT molecular complexity index is 454. The van der Waals surface area contributed by atoms with Gasteiger partial charge in [-0.2, -0.15) is 10.5 Å². The van der Waals surface area contributed by atoms with Crippen molar-refractivity contribution in [3.05, 3.63) is 22.3 Å². The molecule has 70 valence electrons. The highest BCUT2D eigenvalue weighted by Crippen LogP contribution is 2.59. The third-order valence-electron chi connectivity index (χ3n) is 3.96. The first-order valence-corrected chi connectivity index (χ1v) is 4.79. The summed E-state index contributed by atoms with van der Waals surface area (Å²) in [6, 6.07) is 4.41. The van der Waals surface area contributed by atoms with Crippen LogP contribution in [-0.2, 0) is 0 Å². The fourth-order valence-corrected chi connectivity index (χ4v) is 2.81. The lowest BCUT2D eigenvalue weighted by Gasteiger charge is -2.24. The van der Waals surface area contributed by atoms with Crippen LogP contribution in [0.25, 0.3) is 0 Å². The lowest BCUT2D eigenvalue weighted by atomic mass is 9.77. The molecule has 0 aliphatic heterocycles. The van der Waals surface area contributed by atoms with Crippen LogP contribution in [0.4, 0.5) is 0 Å². The monoisotopic (exact) mass is 184 g/mol. The first-order valence-electron chi connectivity index (χ1n) is 4.79. The van der Waals surface area contributed by atoms with Gasteiger partial charge in [0.25, 0.3) is 0 Å². The van der Waals surface area contributed by atoms with Crippen LogP contribution in [0.1, 0.15) is 27.2 Å². The van der Waals surface area contributed by atoms with Gasteiger partial charge >= 0.3 is 0 Å². The molecule has 2 heteroatoms. The Hall–Kier alpha value is -1.54. The zero-order valence-electron chi connectivity index (χ0n) is 8.68. The Morgan fingerprint density at radius 1 is 1.29 bits per heavy atom. The third-order valence-corrected chi connectivity index (χ3v) is 3.96. The summed E-state index contributed by atoms with van der Waals surface area (Å²) in [4.78, 5) is 0. The zero-order valence-corrected chi connectivity index (χ0v) is 8.68. The standard InChI is InChI=1S/C12H12N2/c1-7-8(2)12(3)4-9(7)10(5-13)11(12)6-14/h9H,4H2,1-3H3. The summed E-state index contributed by atoms with van der Waals surface area (Å²) >= 11 is 0. The number of fused-ring (bicyclic) bond motifs is 2. The maximum atomic E-state index is 9.08. The van der Waals surface area contributed by atoms with Crippen molar-refractivity contribution < 1.29 is 0 Å². The molecule has 0 fully saturated rings. The molecule has 0 radical (unpaired) electrons. The molecule has 14 heavy (non-hydrogen) atoms. The van der Waals surface area contributed by atoms with Gasteiger partial charge in [0.1, 0.15) is 0 Å². The Labute approximate surface area is 84.1 Å². The van der Waals surface area contributed by atoms with E-state index in [1.165, 1.54) is 11.1 Å². The van der Waals surface area contributed by atoms with Crippen LogP contribution >= 0.6 is 0 Å². The van der Waals surface area contributed by atoms with E-state index in [9.17, 15) is 0 Å². The van der Waals surface area contributed by atoms with Gasteiger partial charge in [-0.25, -0.2) is 0 Å². The minimum atomic E-state index is -0.144. The summed E-state index contributed by atoms with van der Waals surface area (Å²) in [6.45, 7) is 6.24. The van der Waals surface area contributed by atoms with E-state index in [-0.39, 0.29) is 11.3 Å². The maximum Gasteiger partial charge on any atom is 0.0967 e. The lowest BCUT2D eigenvalue weighted by Crippen LogP contribution is -2.15. The Kier molecular flexibility index (Phi) is 1.60. The summed E-state index contributed by atoms with van der Waals surface area (Å²) in [5, 5.41) is 18.1. The summed E-state index contributed by atoms with van der Waals surface area (Å²) < 4.78 is 0. The molecule has 2 atom stereocenters. The molecule has 0 amide bonds. The fraction of sp³-hybridized carbons (Fsp3) is 0.500. The topological polar surface area (TPSA) is 47.6 Å². The van der Waals surface area contributed by atoms with Gasteiger partial charge in [-0.05, 0) is 20.3 Å². The normalized spacial score (nSPS) is 34.8. The van der Waals surface area contributed by atoms with Crippen LogP contribution in [0.3, 0.4) is 0 Å². The molecule has 0 heterocycles. The van der Waals surface area contributed by atoms with Gasteiger partial charge in [-0.1, -0.05) is 18.1 Å². The van der Waals surface area contributed by atoms with E-state index in [1.807, 2.05) is 0 Å². The van der Waals surface area contributed by atoms with Crippen molar-refractivity contribution >= 4 is 0 Å². The molecule has 0 aromatic rings. The highest BCUT2D eigenvalue weighted by molar-refractivity contribution is 5.59. The van der Waals surface area contributed by atoms with Crippen LogP contribution < -0.4 is 0 Å². The predicted octanol–water partition coefficient (Wildman–Crippen LogP) is 2.71. The Morgan fingerprint density at radius 2 is 1.93 bits per heavy atom. The number of allylic oxidation sites excluding steroid dienone is 4. The molecule has 2 aliphatic rings. The average molecular weight is 184 g/mol. The first kappa shape index (κ1) is 9.03. The van der Waals surface area contributed by atoms with Crippen LogP contribution in [0.2, 0.25) is 0 Å². The van der Waals surface area contributed by atoms with E-state index < -0.39 is 0 Å². The number of nitriles is 2. The van der Waals surface area contributed by atoms with E-state index in [1.54, 1.807) is 0 Å². The summed E-state index contributed by atoms with van der Waals surface area (Å²) in [7, 11) is 0. The molecule has 0 N–H and O–H groups in total. The third kappa shape index (κ3) is 0.744. The van der Waals surface area contributed by atoms with Crippen molar-refractivity contribution in [1.29, 1.82) is 10.5 Å². The summed E-state index contributed by atoms with van der Waals surface area (Å²) in [6.07, 6.45) is 0.927. The molecule has 0 spiro atoms. The van der Waals surface area contributed by atoms with Gasteiger partial charge in [-0.15, -0.1) is 0 Å². The highest BCUT2D eigenvalue weighted by atomic mass is 14.5. The van der Waals surface area contributed by atoms with Crippen LogP contribution in [0, 0.1) is 34.0 Å². The van der Waals surface area contributed by atoms with E-state index in [0.29, 0.717) is 11.1 Å². The minimum absolute atomic E-state index is 0.144. The van der Waals surface area contributed by atoms with Crippen molar-refractivity contribution in [3.63, 3.8) is 0 Å². The number of nitrogens with zero attached hydrogens (tertiary/aromatic N) is 2. The summed E-state index contributed by atoms with van der Waals surface area (Å²) in [5.41, 5.74) is 3.85. The quantitative estimate of drug-likeness (QED) is 0.543. The van der Waals surface area contributed by atoms with E-state index in [2.05, 4.69) is 32.9 Å². The van der Waals surface area contributed by atoms with Gasteiger partial charge < -0.3 is 0 Å². The number of rotatable bonds is 0. The first-order chi connectivity index (χ1) is 6.56. The van der Waals surface area contributed by atoms with Gasteiger partial charge in [0.2, 0.25) is 0 Å². The largest absolute Gasteiger partial charge is 0.193 e. The SMILES string of the molecule is CC1=C(C)C2(C)CC1C(C#N)=C2C#N. The smallest absolute Gasteiger partial charge is 0.0967 e. The second kappa shape index (κ2) is 2.49. The fourth-order valence-electron chi connectivity index (χ4n) is 2.81. The molecule has 2 bridgehead atoms. The van der Waals surface area contributed by atoms with Crippen LogP contribution in [0.5, 0.6) is 0 Å². The van der Waals surface area contributed by atoms with Crippen molar-refractivity contribution in [2.24, 2.45) is 11.3 Å². The molecule has 0 aromatic carbocycles. The molecule has 0 saturated heterocycles. The minimum Gasteiger partial charge on any atom is -0.193 e. The average Bonchev–Trinajstić information content (AvgIpc) is 2.58. The predicted molar refractivity (Wildman–Crippen MR) is 52.8 cm³/mol. The molecular formula is C12H12N2. The van der Waals surface area contributed by atoms with Crippen molar-refractivity contribution in [2.45, 2.75) is 27.2 Å². The van der Waals surface area contributed by atoms with Crippen molar-refractivity contribution in [1.82, 2.24) is 0 Å². The molecule has 0 saturated carbocycles. The molecule has 2 aliphatic carbocycles. The van der Waals surface area contributed by atoms with Crippen molar-refractivity contribution in [3.8, 4) is 12.1 Å². The van der Waals surface area contributed by atoms with Gasteiger partial charge in [0.05, 0.1) is 23.3 Å². The van der Waals surface area contributed by atoms with Gasteiger partial charge in [-0.3, -0.25) is 0 Å². The number of hydrogen-bond acceptors (Lipinski definition) is 2. The van der Waals surface area contributed by atoms with Crippen LogP contribution in [0.15, 0.2) is 22.3 Å². The Morgan fingerprint density at radius 3 is 2.43 bits per heavy atom. The van der Waals surface area contributed by atoms with Gasteiger partial charge in [0, 0.05) is 11.3 Å². The zero-order chi connectivity index (χ0) is 10.5. The van der Waals surface area contributed by atoms with E-state index in [0.717, 1.165) is 6.42 Å². The van der Waals surface area contributed by atoms with E-state index in [4.69, 9.17) is 10.5 Å². The number of hydrogen-bond donors (Lipinski definition) is 0.